The first-order valence-corrected chi connectivity index (χ1v) is 7.71. The summed E-state index contributed by atoms with van der Waals surface area (Å²) < 4.78 is 5.60. The maximum atomic E-state index is 5.79. The maximum absolute atomic E-state index is 5.79. The van der Waals surface area contributed by atoms with Gasteiger partial charge in [0.1, 0.15) is 11.6 Å². The molecule has 112 valence electrons. The summed E-state index contributed by atoms with van der Waals surface area (Å²) in [6.45, 7) is 2.07. The Balaban J connectivity index is 1.76. The molecular weight excluding hydrogens is 274 g/mol. The molecule has 1 aromatic heterocycles. The molecule has 2 aromatic rings. The summed E-state index contributed by atoms with van der Waals surface area (Å²) in [6, 6.07) is 10.9. The minimum atomic E-state index is -0.190. The number of hydrogen-bond acceptors (Lipinski definition) is 4. The van der Waals surface area contributed by atoms with E-state index in [4.69, 9.17) is 10.5 Å². The van der Waals surface area contributed by atoms with Gasteiger partial charge in [0, 0.05) is 24.4 Å². The highest BCUT2D eigenvalue weighted by Crippen LogP contribution is 2.41. The quantitative estimate of drug-likeness (QED) is 0.879. The molecule has 2 heterocycles. The molecule has 0 saturated carbocycles. The third-order valence-corrected chi connectivity index (χ3v) is 4.94. The van der Waals surface area contributed by atoms with Crippen molar-refractivity contribution < 1.29 is 4.74 Å². The van der Waals surface area contributed by atoms with Gasteiger partial charge >= 0.3 is 0 Å². The minimum absolute atomic E-state index is 0.0442. The lowest BCUT2D eigenvalue weighted by Crippen LogP contribution is -2.41. The Hall–Kier alpha value is -2.36. The van der Waals surface area contributed by atoms with Crippen LogP contribution in [0.5, 0.6) is 0 Å². The number of hydrogen-bond donors (Lipinski definition) is 1. The Morgan fingerprint density at radius 1 is 1.27 bits per heavy atom. The maximum Gasteiger partial charge on any atom is 0.282 e. The van der Waals surface area contributed by atoms with E-state index in [1.165, 1.54) is 22.3 Å². The molecule has 0 saturated heterocycles. The molecular formula is C18H19N3O. The topological polar surface area (TPSA) is 60.5 Å². The number of fused-ring (bicyclic) bond motifs is 1. The minimum Gasteiger partial charge on any atom is -0.460 e. The first-order chi connectivity index (χ1) is 10.7. The third-order valence-electron chi connectivity index (χ3n) is 4.94. The molecule has 0 unspecified atom stereocenters. The number of rotatable bonds is 1. The lowest BCUT2D eigenvalue weighted by atomic mass is 9.74. The number of ether oxygens (including phenoxy) is 1. The van der Waals surface area contributed by atoms with Gasteiger partial charge in [0.15, 0.2) is 0 Å². The molecule has 0 radical (unpaired) electrons. The van der Waals surface area contributed by atoms with Crippen molar-refractivity contribution >= 4 is 6.02 Å². The molecule has 22 heavy (non-hydrogen) atoms. The molecule has 1 aliphatic carbocycles. The van der Waals surface area contributed by atoms with Crippen LogP contribution in [-0.2, 0) is 17.6 Å². The van der Waals surface area contributed by atoms with Crippen molar-refractivity contribution in [1.29, 1.82) is 0 Å². The molecule has 2 aliphatic rings. The van der Waals surface area contributed by atoms with Crippen LogP contribution in [-0.4, -0.2) is 22.6 Å². The highest BCUT2D eigenvalue weighted by Gasteiger charge is 2.45. The molecule has 0 fully saturated rings. The molecule has 4 heteroatoms. The third kappa shape index (κ3) is 1.98. The van der Waals surface area contributed by atoms with Crippen molar-refractivity contribution in [3.8, 4) is 11.1 Å². The van der Waals surface area contributed by atoms with Gasteiger partial charge in [-0.1, -0.05) is 24.3 Å². The highest BCUT2D eigenvalue weighted by molar-refractivity contribution is 5.75. The van der Waals surface area contributed by atoms with E-state index in [1.54, 1.807) is 0 Å². The predicted molar refractivity (Wildman–Crippen MR) is 86.6 cm³/mol. The van der Waals surface area contributed by atoms with Gasteiger partial charge in [0.25, 0.3) is 6.02 Å². The molecule has 4 rings (SSSR count). The largest absolute Gasteiger partial charge is 0.460 e. The van der Waals surface area contributed by atoms with Crippen LogP contribution in [0.4, 0.5) is 0 Å². The average Bonchev–Trinajstić information content (AvgIpc) is 2.80. The number of nitrogens with two attached hydrogens (primary N) is 1. The fourth-order valence-corrected chi connectivity index (χ4v) is 3.72. The van der Waals surface area contributed by atoms with E-state index in [0.717, 1.165) is 19.3 Å². The summed E-state index contributed by atoms with van der Waals surface area (Å²) in [5, 5.41) is 0. The molecule has 0 bridgehead atoms. The molecule has 1 aliphatic heterocycles. The Morgan fingerprint density at radius 3 is 2.91 bits per heavy atom. The van der Waals surface area contributed by atoms with Crippen molar-refractivity contribution in [2.45, 2.75) is 37.8 Å². The van der Waals surface area contributed by atoms with E-state index in [0.29, 0.717) is 6.02 Å². The van der Waals surface area contributed by atoms with Gasteiger partial charge in [-0.25, -0.2) is 4.99 Å². The lowest BCUT2D eigenvalue weighted by Gasteiger charge is -2.35. The second kappa shape index (κ2) is 4.83. The molecule has 1 aromatic carbocycles. The molecule has 2 N–H and O–H groups in total. The van der Waals surface area contributed by atoms with Gasteiger partial charge in [0.2, 0.25) is 0 Å². The molecule has 0 amide bonds. The molecule has 2 atom stereocenters. The smallest absolute Gasteiger partial charge is 0.282 e. The summed E-state index contributed by atoms with van der Waals surface area (Å²) in [5.41, 5.74) is 10.8. The number of aliphatic imine (C=N–C) groups is 1. The summed E-state index contributed by atoms with van der Waals surface area (Å²) in [6.07, 6.45) is 6.63. The highest BCUT2D eigenvalue weighted by atomic mass is 16.5. The SMILES string of the molecule is C[C@@H]1OC(N)=N[C@]12CCc1c(cccc1-c1cccnc1)C2. The van der Waals surface area contributed by atoms with Crippen LogP contribution in [0.2, 0.25) is 0 Å². The van der Waals surface area contributed by atoms with Gasteiger partial charge < -0.3 is 10.5 Å². The van der Waals surface area contributed by atoms with Crippen LogP contribution in [0.3, 0.4) is 0 Å². The summed E-state index contributed by atoms with van der Waals surface area (Å²) in [7, 11) is 0. The standard InChI is InChI=1S/C18H19N3O/c1-12-18(21-17(19)22-12)8-7-16-13(10-18)4-2-6-15(16)14-5-3-9-20-11-14/h2-6,9,11-12H,7-8,10H2,1H3,(H2,19,21)/t12-,18-/m0/s1. The average molecular weight is 293 g/mol. The Kier molecular flexibility index (Phi) is 2.93. The Morgan fingerprint density at radius 2 is 2.18 bits per heavy atom. The van der Waals surface area contributed by atoms with Gasteiger partial charge in [-0.15, -0.1) is 0 Å². The zero-order valence-corrected chi connectivity index (χ0v) is 12.6. The number of amidine groups is 1. The number of pyridine rings is 1. The zero-order chi connectivity index (χ0) is 15.2. The van der Waals surface area contributed by atoms with Gasteiger partial charge in [-0.2, -0.15) is 0 Å². The number of aromatic nitrogens is 1. The van der Waals surface area contributed by atoms with Crippen molar-refractivity contribution in [1.82, 2.24) is 4.98 Å². The summed E-state index contributed by atoms with van der Waals surface area (Å²) in [4.78, 5) is 8.87. The van der Waals surface area contributed by atoms with Gasteiger partial charge in [0.05, 0.1) is 0 Å². The fourth-order valence-electron chi connectivity index (χ4n) is 3.72. The van der Waals surface area contributed by atoms with Crippen LogP contribution in [0.1, 0.15) is 24.5 Å². The fraction of sp³-hybridized carbons (Fsp3) is 0.333. The predicted octanol–water partition coefficient (Wildman–Crippen LogP) is 2.71. The van der Waals surface area contributed by atoms with Crippen molar-refractivity contribution in [3.05, 3.63) is 53.9 Å². The number of nitrogens with zero attached hydrogens (tertiary/aromatic N) is 2. The van der Waals surface area contributed by atoms with Gasteiger partial charge in [-0.3, -0.25) is 4.98 Å². The van der Waals surface area contributed by atoms with E-state index in [9.17, 15) is 0 Å². The van der Waals surface area contributed by atoms with E-state index >= 15 is 0 Å². The second-order valence-electron chi connectivity index (χ2n) is 6.18. The van der Waals surface area contributed by atoms with Crippen LogP contribution in [0.25, 0.3) is 11.1 Å². The molecule has 4 nitrogen and oxygen atoms in total. The Labute approximate surface area is 130 Å². The van der Waals surface area contributed by atoms with Crippen molar-refractivity contribution in [2.75, 3.05) is 0 Å². The van der Waals surface area contributed by atoms with Crippen molar-refractivity contribution in [2.24, 2.45) is 10.7 Å². The van der Waals surface area contributed by atoms with Gasteiger partial charge in [-0.05, 0) is 42.5 Å². The normalized spacial score (nSPS) is 26.4. The summed E-state index contributed by atoms with van der Waals surface area (Å²) >= 11 is 0. The Bertz CT molecular complexity index is 741. The van der Waals surface area contributed by atoms with Crippen LogP contribution < -0.4 is 5.73 Å². The van der Waals surface area contributed by atoms with Crippen LogP contribution >= 0.6 is 0 Å². The van der Waals surface area contributed by atoms with Crippen LogP contribution in [0.15, 0.2) is 47.7 Å². The van der Waals surface area contributed by atoms with E-state index in [-0.39, 0.29) is 11.6 Å². The van der Waals surface area contributed by atoms with Crippen molar-refractivity contribution in [3.63, 3.8) is 0 Å². The first kappa shape index (κ1) is 13.3. The van der Waals surface area contributed by atoms with E-state index < -0.39 is 0 Å². The second-order valence-corrected chi connectivity index (χ2v) is 6.18. The van der Waals surface area contributed by atoms with E-state index in [2.05, 4.69) is 41.2 Å². The lowest BCUT2D eigenvalue weighted by molar-refractivity contribution is 0.140. The monoisotopic (exact) mass is 293 g/mol. The first-order valence-electron chi connectivity index (χ1n) is 7.71. The summed E-state index contributed by atoms with van der Waals surface area (Å²) in [5.74, 6) is 0. The van der Waals surface area contributed by atoms with E-state index in [1.807, 2.05) is 18.5 Å². The molecule has 1 spiro atoms. The number of benzene rings is 1. The van der Waals surface area contributed by atoms with Crippen LogP contribution in [0, 0.1) is 0 Å². The zero-order valence-electron chi connectivity index (χ0n) is 12.6.